The molecule has 6 rings (SSSR count). The Hall–Kier alpha value is -4.79. The third-order valence-corrected chi connectivity index (χ3v) is 6.23. The number of fused-ring (bicyclic) bond motifs is 2. The second-order valence-corrected chi connectivity index (χ2v) is 8.41. The van der Waals surface area contributed by atoms with Crippen LogP contribution < -0.4 is 10.7 Å². The molecule has 2 N–H and O–H groups in total. The number of nitrogens with zero attached hydrogens (tertiary/aromatic N) is 5. The summed E-state index contributed by atoms with van der Waals surface area (Å²) in [5.41, 5.74) is 4.36. The van der Waals surface area contributed by atoms with Gasteiger partial charge in [-0.2, -0.15) is 10.1 Å². The number of carboxylic acids is 1. The maximum atomic E-state index is 12.9. The summed E-state index contributed by atoms with van der Waals surface area (Å²) < 4.78 is 3.41. The van der Waals surface area contributed by atoms with E-state index in [0.717, 1.165) is 36.3 Å². The average Bonchev–Trinajstić information content (AvgIpc) is 3.57. The average molecular weight is 464 g/mol. The Morgan fingerprint density at radius 3 is 2.60 bits per heavy atom. The SMILES string of the molecule is O=C(O)c1cn(-c2ccc3c(c2)CCC3)c2nc(Nc3ccc(-n4cccn4)cc3)ncc2c1=O. The lowest BCUT2D eigenvalue weighted by molar-refractivity contribution is 0.0695. The first kappa shape index (κ1) is 20.8. The van der Waals surface area contributed by atoms with Crippen molar-refractivity contribution in [1.82, 2.24) is 24.3 Å². The zero-order chi connectivity index (χ0) is 23.9. The number of anilines is 2. The zero-order valence-electron chi connectivity index (χ0n) is 18.5. The van der Waals surface area contributed by atoms with Crippen LogP contribution in [0.2, 0.25) is 0 Å². The molecule has 5 aromatic rings. The van der Waals surface area contributed by atoms with Gasteiger partial charge in [0.15, 0.2) is 5.65 Å². The first-order valence-electron chi connectivity index (χ1n) is 11.2. The molecule has 0 saturated carbocycles. The van der Waals surface area contributed by atoms with E-state index in [0.29, 0.717) is 11.6 Å². The van der Waals surface area contributed by atoms with Crippen LogP contribution in [0.3, 0.4) is 0 Å². The zero-order valence-corrected chi connectivity index (χ0v) is 18.5. The minimum atomic E-state index is -1.29. The highest BCUT2D eigenvalue weighted by atomic mass is 16.4. The molecule has 0 saturated heterocycles. The molecule has 0 fully saturated rings. The Balaban J connectivity index is 1.43. The topological polar surface area (TPSA) is 115 Å². The summed E-state index contributed by atoms with van der Waals surface area (Å²) in [6, 6.07) is 15.5. The van der Waals surface area contributed by atoms with Gasteiger partial charge in [0.1, 0.15) is 5.56 Å². The van der Waals surface area contributed by atoms with Crippen LogP contribution in [0.4, 0.5) is 11.6 Å². The van der Waals surface area contributed by atoms with Crippen LogP contribution in [0.1, 0.15) is 27.9 Å². The molecule has 9 nitrogen and oxygen atoms in total. The number of carbonyl (C=O) groups is 1. The van der Waals surface area contributed by atoms with Crippen molar-refractivity contribution in [2.75, 3.05) is 5.32 Å². The van der Waals surface area contributed by atoms with Gasteiger partial charge in [-0.05, 0) is 72.9 Å². The molecule has 0 spiro atoms. The molecule has 172 valence electrons. The fourth-order valence-corrected chi connectivity index (χ4v) is 4.48. The summed E-state index contributed by atoms with van der Waals surface area (Å²) in [4.78, 5) is 33.5. The molecule has 9 heteroatoms. The van der Waals surface area contributed by atoms with E-state index >= 15 is 0 Å². The van der Waals surface area contributed by atoms with Crippen molar-refractivity contribution in [2.45, 2.75) is 19.3 Å². The monoisotopic (exact) mass is 464 g/mol. The molecule has 0 amide bonds. The van der Waals surface area contributed by atoms with E-state index in [1.54, 1.807) is 15.4 Å². The van der Waals surface area contributed by atoms with Crippen LogP contribution in [0.5, 0.6) is 0 Å². The Morgan fingerprint density at radius 1 is 1.03 bits per heavy atom. The van der Waals surface area contributed by atoms with E-state index in [4.69, 9.17) is 0 Å². The van der Waals surface area contributed by atoms with E-state index in [1.165, 1.54) is 23.5 Å². The first-order chi connectivity index (χ1) is 17.1. The smallest absolute Gasteiger partial charge is 0.341 e. The summed E-state index contributed by atoms with van der Waals surface area (Å²) >= 11 is 0. The van der Waals surface area contributed by atoms with Crippen LogP contribution in [0.25, 0.3) is 22.4 Å². The highest BCUT2D eigenvalue weighted by Gasteiger charge is 2.19. The minimum Gasteiger partial charge on any atom is -0.477 e. The maximum absolute atomic E-state index is 12.9. The van der Waals surface area contributed by atoms with Gasteiger partial charge < -0.3 is 15.0 Å². The summed E-state index contributed by atoms with van der Waals surface area (Å²) in [5.74, 6) is -0.993. The quantitative estimate of drug-likeness (QED) is 0.405. The molecule has 0 unspecified atom stereocenters. The van der Waals surface area contributed by atoms with Gasteiger partial charge in [-0.25, -0.2) is 14.5 Å². The highest BCUT2D eigenvalue weighted by Crippen LogP contribution is 2.26. The van der Waals surface area contributed by atoms with Crippen molar-refractivity contribution in [3.63, 3.8) is 0 Å². The molecule has 1 aliphatic rings. The van der Waals surface area contributed by atoms with Crippen molar-refractivity contribution < 1.29 is 9.90 Å². The van der Waals surface area contributed by atoms with Crippen molar-refractivity contribution >= 4 is 28.6 Å². The lowest BCUT2D eigenvalue weighted by atomic mass is 10.1. The second kappa shape index (κ2) is 8.21. The van der Waals surface area contributed by atoms with E-state index in [2.05, 4.69) is 26.4 Å². The third kappa shape index (κ3) is 3.72. The lowest BCUT2D eigenvalue weighted by Crippen LogP contribution is -2.19. The molecular weight excluding hydrogens is 444 g/mol. The molecule has 0 atom stereocenters. The Bertz CT molecular complexity index is 1640. The minimum absolute atomic E-state index is 0.143. The molecular formula is C26H20N6O3. The molecule has 0 aliphatic heterocycles. The number of nitrogens with one attached hydrogen (secondary N) is 1. The Kier molecular flexibility index (Phi) is 4.88. The number of carboxylic acid groups (broad SMARTS) is 1. The maximum Gasteiger partial charge on any atom is 0.341 e. The Morgan fingerprint density at radius 2 is 1.83 bits per heavy atom. The van der Waals surface area contributed by atoms with Gasteiger partial charge in [0.05, 0.1) is 11.1 Å². The highest BCUT2D eigenvalue weighted by molar-refractivity contribution is 5.92. The van der Waals surface area contributed by atoms with Crippen molar-refractivity contribution in [3.05, 3.63) is 100 Å². The van der Waals surface area contributed by atoms with E-state index in [9.17, 15) is 14.7 Å². The summed E-state index contributed by atoms with van der Waals surface area (Å²) in [5, 5.41) is 17.1. The fraction of sp³-hybridized carbons (Fsp3) is 0.115. The second-order valence-electron chi connectivity index (χ2n) is 8.41. The van der Waals surface area contributed by atoms with Gasteiger partial charge >= 0.3 is 5.97 Å². The van der Waals surface area contributed by atoms with Crippen LogP contribution in [0, 0.1) is 0 Å². The van der Waals surface area contributed by atoms with Crippen molar-refractivity contribution in [2.24, 2.45) is 0 Å². The van der Waals surface area contributed by atoms with Crippen LogP contribution in [0.15, 0.2) is 78.1 Å². The van der Waals surface area contributed by atoms with Gasteiger partial charge in [-0.1, -0.05) is 6.07 Å². The summed E-state index contributed by atoms with van der Waals surface area (Å²) in [6.07, 6.45) is 9.41. The number of hydrogen-bond donors (Lipinski definition) is 2. The molecule has 3 aromatic heterocycles. The number of aryl methyl sites for hydroxylation is 2. The summed E-state index contributed by atoms with van der Waals surface area (Å²) in [6.45, 7) is 0. The number of rotatable bonds is 5. The van der Waals surface area contributed by atoms with Gasteiger partial charge in [-0.3, -0.25) is 4.79 Å². The van der Waals surface area contributed by atoms with E-state index in [1.807, 2.05) is 48.7 Å². The van der Waals surface area contributed by atoms with Gasteiger partial charge in [0, 0.05) is 36.2 Å². The van der Waals surface area contributed by atoms with Crippen LogP contribution in [-0.2, 0) is 12.8 Å². The van der Waals surface area contributed by atoms with Crippen LogP contribution in [-0.4, -0.2) is 35.4 Å². The largest absolute Gasteiger partial charge is 0.477 e. The van der Waals surface area contributed by atoms with Crippen molar-refractivity contribution in [1.29, 1.82) is 0 Å². The molecule has 0 radical (unpaired) electrons. The number of aromatic nitrogens is 5. The molecule has 0 bridgehead atoms. The lowest BCUT2D eigenvalue weighted by Gasteiger charge is -2.14. The van der Waals surface area contributed by atoms with Gasteiger partial charge in [-0.15, -0.1) is 0 Å². The predicted octanol–water partition coefficient (Wildman–Crippen LogP) is 3.90. The number of benzene rings is 2. The standard InChI is InChI=1S/C26H20N6O3/c33-23-21-14-27-26(29-18-6-9-19(10-7-18)32-12-2-11-28-32)30-24(21)31(15-22(23)25(34)35)20-8-5-16-3-1-4-17(16)13-20/h2,5-15H,1,3-4H2,(H,34,35)(H,27,29,30). The molecule has 3 heterocycles. The normalized spacial score (nSPS) is 12.6. The Labute approximate surface area is 199 Å². The molecule has 1 aliphatic carbocycles. The predicted molar refractivity (Wildman–Crippen MR) is 131 cm³/mol. The van der Waals surface area contributed by atoms with Crippen molar-refractivity contribution in [3.8, 4) is 11.4 Å². The molecule has 2 aromatic carbocycles. The number of pyridine rings is 1. The van der Waals surface area contributed by atoms with Crippen LogP contribution >= 0.6 is 0 Å². The summed E-state index contributed by atoms with van der Waals surface area (Å²) in [7, 11) is 0. The van der Waals surface area contributed by atoms with Gasteiger partial charge in [0.2, 0.25) is 11.4 Å². The van der Waals surface area contributed by atoms with E-state index < -0.39 is 11.4 Å². The third-order valence-electron chi connectivity index (χ3n) is 6.23. The van der Waals surface area contributed by atoms with Gasteiger partial charge in [0.25, 0.3) is 0 Å². The molecule has 35 heavy (non-hydrogen) atoms. The number of aromatic carboxylic acids is 1. The van der Waals surface area contributed by atoms with E-state index in [-0.39, 0.29) is 10.9 Å². The first-order valence-corrected chi connectivity index (χ1v) is 11.2. The number of hydrogen-bond acceptors (Lipinski definition) is 6. The fourth-order valence-electron chi connectivity index (χ4n) is 4.48.